The van der Waals surface area contributed by atoms with E-state index in [1.54, 1.807) is 12.1 Å². The lowest BCUT2D eigenvalue weighted by atomic mass is 10.1. The van der Waals surface area contributed by atoms with Crippen molar-refractivity contribution in [2.45, 2.75) is 32.9 Å². The zero-order chi connectivity index (χ0) is 16.4. The highest BCUT2D eigenvalue weighted by Crippen LogP contribution is 2.24. The summed E-state index contributed by atoms with van der Waals surface area (Å²) in [5.41, 5.74) is 2.69. The molecule has 0 saturated carbocycles. The zero-order valence-corrected chi connectivity index (χ0v) is 14.0. The normalized spacial score (nSPS) is 20.6. The number of nitrogens with zero attached hydrogens (tertiary/aromatic N) is 2. The summed E-state index contributed by atoms with van der Waals surface area (Å²) in [7, 11) is 0. The minimum absolute atomic E-state index is 0.235. The Balaban J connectivity index is 1.77. The Hall–Kier alpha value is -1.72. The van der Waals surface area contributed by atoms with Crippen LogP contribution >= 0.6 is 0 Å². The first-order valence-electron chi connectivity index (χ1n) is 8.19. The summed E-state index contributed by atoms with van der Waals surface area (Å²) in [4.78, 5) is 6.92. The monoisotopic (exact) mass is 317 g/mol. The van der Waals surface area contributed by atoms with Gasteiger partial charge in [0.1, 0.15) is 5.82 Å². The summed E-state index contributed by atoms with van der Waals surface area (Å²) in [5, 5.41) is 4.32. The average molecular weight is 317 g/mol. The molecule has 4 nitrogen and oxygen atoms in total. The first-order valence-corrected chi connectivity index (χ1v) is 8.19. The first kappa shape index (κ1) is 16.1. The van der Waals surface area contributed by atoms with Gasteiger partial charge in [-0.2, -0.15) is 0 Å². The van der Waals surface area contributed by atoms with Crippen molar-refractivity contribution in [3.05, 3.63) is 35.8 Å². The van der Waals surface area contributed by atoms with E-state index in [9.17, 15) is 4.39 Å². The maximum absolute atomic E-state index is 13.6. The van der Waals surface area contributed by atoms with Crippen molar-refractivity contribution < 1.29 is 9.13 Å². The number of ether oxygens (including phenoxy) is 1. The van der Waals surface area contributed by atoms with Gasteiger partial charge in [-0.15, -0.1) is 0 Å². The zero-order valence-electron chi connectivity index (χ0n) is 14.0. The molecule has 3 rings (SSSR count). The van der Waals surface area contributed by atoms with Crippen LogP contribution in [0.2, 0.25) is 0 Å². The number of fused-ring (bicyclic) bond motifs is 1. The van der Waals surface area contributed by atoms with Crippen LogP contribution in [0.5, 0.6) is 0 Å². The van der Waals surface area contributed by atoms with Crippen molar-refractivity contribution in [3.63, 3.8) is 0 Å². The maximum Gasteiger partial charge on any atom is 0.124 e. The van der Waals surface area contributed by atoms with Crippen LogP contribution in [0, 0.1) is 12.7 Å². The molecule has 0 radical (unpaired) electrons. The molecule has 23 heavy (non-hydrogen) atoms. The summed E-state index contributed by atoms with van der Waals surface area (Å²) in [6.45, 7) is 9.70. The molecular formula is C18H24FN3O. The highest BCUT2D eigenvalue weighted by atomic mass is 19.1. The summed E-state index contributed by atoms with van der Waals surface area (Å²) in [5.74, 6) is -0.235. The summed E-state index contributed by atoms with van der Waals surface area (Å²) >= 11 is 0. The first-order chi connectivity index (χ1) is 11.0. The molecule has 2 unspecified atom stereocenters. The van der Waals surface area contributed by atoms with E-state index in [2.05, 4.69) is 29.0 Å². The van der Waals surface area contributed by atoms with Crippen LogP contribution in [0.3, 0.4) is 0 Å². The smallest absolute Gasteiger partial charge is 0.124 e. The second-order valence-corrected chi connectivity index (χ2v) is 6.36. The molecule has 1 aliphatic rings. The molecule has 1 aromatic heterocycles. The van der Waals surface area contributed by atoms with E-state index in [1.165, 1.54) is 6.07 Å². The van der Waals surface area contributed by atoms with E-state index in [0.717, 1.165) is 48.6 Å². The maximum atomic E-state index is 13.6. The quantitative estimate of drug-likeness (QED) is 0.939. The number of aromatic nitrogens is 1. The molecule has 124 valence electrons. The molecule has 1 saturated heterocycles. The second-order valence-electron chi connectivity index (χ2n) is 6.36. The molecule has 1 aliphatic heterocycles. The van der Waals surface area contributed by atoms with Crippen molar-refractivity contribution in [3.8, 4) is 0 Å². The molecule has 2 atom stereocenters. The number of nitrogens with one attached hydrogen (secondary N) is 1. The number of benzene rings is 1. The van der Waals surface area contributed by atoms with E-state index in [-0.39, 0.29) is 5.82 Å². The van der Waals surface area contributed by atoms with Crippen molar-refractivity contribution in [2.24, 2.45) is 0 Å². The van der Waals surface area contributed by atoms with Gasteiger partial charge in [0.05, 0.1) is 18.7 Å². The lowest BCUT2D eigenvalue weighted by Crippen LogP contribution is -2.50. The standard InChI is InChI=1S/C18H24FN3O/c1-12-8-18(16-9-15(19)4-5-17(16)21-12)20-10-13(2)22-6-7-23-11-14(22)3/h4-5,8-9,13-14H,6-7,10-11H2,1-3H3,(H,20,21). The number of halogens is 1. The molecule has 1 aromatic carbocycles. The van der Waals surface area contributed by atoms with E-state index in [0.29, 0.717) is 12.1 Å². The highest BCUT2D eigenvalue weighted by molar-refractivity contribution is 5.91. The van der Waals surface area contributed by atoms with E-state index < -0.39 is 0 Å². The fourth-order valence-corrected chi connectivity index (χ4v) is 3.25. The lowest BCUT2D eigenvalue weighted by molar-refractivity contribution is -0.0159. The third kappa shape index (κ3) is 3.62. The molecule has 2 aromatic rings. The fraction of sp³-hybridized carbons (Fsp3) is 0.500. The lowest BCUT2D eigenvalue weighted by Gasteiger charge is -2.38. The van der Waals surface area contributed by atoms with Crippen LogP contribution in [0.1, 0.15) is 19.5 Å². The average Bonchev–Trinajstić information content (AvgIpc) is 2.53. The predicted molar refractivity (Wildman–Crippen MR) is 91.4 cm³/mol. The van der Waals surface area contributed by atoms with E-state index in [1.807, 2.05) is 13.0 Å². The number of pyridine rings is 1. The van der Waals surface area contributed by atoms with E-state index in [4.69, 9.17) is 4.74 Å². The largest absolute Gasteiger partial charge is 0.383 e. The Bertz CT molecular complexity index is 691. The molecule has 2 heterocycles. The third-order valence-corrected chi connectivity index (χ3v) is 4.47. The van der Waals surface area contributed by atoms with Gasteiger partial charge in [0, 0.05) is 41.9 Å². The Morgan fingerprint density at radius 1 is 1.43 bits per heavy atom. The van der Waals surface area contributed by atoms with E-state index >= 15 is 0 Å². The van der Waals surface area contributed by atoms with Crippen LogP contribution < -0.4 is 5.32 Å². The van der Waals surface area contributed by atoms with Gasteiger partial charge in [0.2, 0.25) is 0 Å². The van der Waals surface area contributed by atoms with Crippen molar-refractivity contribution in [2.75, 3.05) is 31.6 Å². The van der Waals surface area contributed by atoms with Gasteiger partial charge >= 0.3 is 0 Å². The topological polar surface area (TPSA) is 37.4 Å². The number of morpholine rings is 1. The van der Waals surface area contributed by atoms with Gasteiger partial charge in [-0.1, -0.05) is 0 Å². The molecule has 5 heteroatoms. The Labute approximate surface area is 136 Å². The Morgan fingerprint density at radius 3 is 3.04 bits per heavy atom. The SMILES string of the molecule is Cc1cc(NCC(C)N2CCOCC2C)c2cc(F)ccc2n1. The molecule has 1 N–H and O–H groups in total. The number of anilines is 1. The number of rotatable bonds is 4. The number of aryl methyl sites for hydroxylation is 1. The minimum Gasteiger partial charge on any atom is -0.383 e. The van der Waals surface area contributed by atoms with Gasteiger partial charge in [0.15, 0.2) is 0 Å². The number of hydrogen-bond acceptors (Lipinski definition) is 4. The minimum atomic E-state index is -0.235. The summed E-state index contributed by atoms with van der Waals surface area (Å²) < 4.78 is 19.1. The van der Waals surface area contributed by atoms with Crippen molar-refractivity contribution in [1.82, 2.24) is 9.88 Å². The van der Waals surface area contributed by atoms with Crippen molar-refractivity contribution >= 4 is 16.6 Å². The van der Waals surface area contributed by atoms with Crippen molar-refractivity contribution in [1.29, 1.82) is 0 Å². The fourth-order valence-electron chi connectivity index (χ4n) is 3.25. The highest BCUT2D eigenvalue weighted by Gasteiger charge is 2.23. The molecule has 1 fully saturated rings. The molecular weight excluding hydrogens is 293 g/mol. The molecule has 0 spiro atoms. The number of hydrogen-bond donors (Lipinski definition) is 1. The van der Waals surface area contributed by atoms with Crippen LogP contribution in [-0.4, -0.2) is 48.3 Å². The van der Waals surface area contributed by atoms with Gasteiger partial charge in [-0.3, -0.25) is 9.88 Å². The van der Waals surface area contributed by atoms with Crippen LogP contribution in [0.4, 0.5) is 10.1 Å². The van der Waals surface area contributed by atoms with Gasteiger partial charge in [0.25, 0.3) is 0 Å². The second kappa shape index (κ2) is 6.81. The van der Waals surface area contributed by atoms with Crippen LogP contribution in [-0.2, 0) is 4.74 Å². The Kier molecular flexibility index (Phi) is 4.78. The third-order valence-electron chi connectivity index (χ3n) is 4.47. The van der Waals surface area contributed by atoms with Crippen LogP contribution in [0.15, 0.2) is 24.3 Å². The van der Waals surface area contributed by atoms with Crippen LogP contribution in [0.25, 0.3) is 10.9 Å². The van der Waals surface area contributed by atoms with Gasteiger partial charge in [-0.05, 0) is 45.0 Å². The van der Waals surface area contributed by atoms with Gasteiger partial charge in [-0.25, -0.2) is 4.39 Å². The molecule has 0 bridgehead atoms. The molecule has 0 amide bonds. The summed E-state index contributed by atoms with van der Waals surface area (Å²) in [6.07, 6.45) is 0. The molecule has 0 aliphatic carbocycles. The predicted octanol–water partition coefficient (Wildman–Crippen LogP) is 3.20. The van der Waals surface area contributed by atoms with Gasteiger partial charge < -0.3 is 10.1 Å². The summed E-state index contributed by atoms with van der Waals surface area (Å²) in [6, 6.07) is 7.52. The Morgan fingerprint density at radius 2 is 2.26 bits per heavy atom.